The minimum Gasteiger partial charge on any atom is -0.477 e. The predicted octanol–water partition coefficient (Wildman–Crippen LogP) is 3.98. The molecule has 1 fully saturated rings. The van der Waals surface area contributed by atoms with Crippen LogP contribution in [0.2, 0.25) is 5.02 Å². The Labute approximate surface area is 151 Å². The van der Waals surface area contributed by atoms with Gasteiger partial charge in [-0.05, 0) is 50.2 Å². The number of piperidine rings is 1. The SMILES string of the molecule is CCN1CCCCC1CNc1noc(-c2ccc(Cl)cc2)c1C(=O)O. The Bertz CT molecular complexity index is 730. The molecule has 0 amide bonds. The number of nitrogens with one attached hydrogen (secondary N) is 1. The van der Waals surface area contributed by atoms with E-state index in [1.165, 1.54) is 12.8 Å². The number of carbonyl (C=O) groups is 1. The second-order valence-corrected chi connectivity index (χ2v) is 6.64. The lowest BCUT2D eigenvalue weighted by Gasteiger charge is -2.34. The molecule has 134 valence electrons. The molecule has 2 aromatic rings. The molecule has 1 aromatic heterocycles. The number of halogens is 1. The topological polar surface area (TPSA) is 78.6 Å². The third-order valence-electron chi connectivity index (χ3n) is 4.67. The lowest BCUT2D eigenvalue weighted by Crippen LogP contribution is -2.43. The summed E-state index contributed by atoms with van der Waals surface area (Å²) in [4.78, 5) is 14.2. The van der Waals surface area contributed by atoms with Gasteiger partial charge in [-0.25, -0.2) is 4.79 Å². The van der Waals surface area contributed by atoms with Crippen molar-refractivity contribution in [2.75, 3.05) is 25.0 Å². The van der Waals surface area contributed by atoms with Crippen molar-refractivity contribution in [1.82, 2.24) is 10.1 Å². The standard InChI is InChI=1S/C18H22ClN3O3/c1-2-22-10-4-3-5-14(22)11-20-17-15(18(23)24)16(25-21-17)12-6-8-13(19)9-7-12/h6-9,14H,2-5,10-11H2,1H3,(H,20,21)(H,23,24). The Balaban J connectivity index is 1.80. The van der Waals surface area contributed by atoms with Crippen LogP contribution >= 0.6 is 11.6 Å². The number of benzene rings is 1. The Kier molecular flexibility index (Phi) is 5.60. The van der Waals surface area contributed by atoms with Crippen molar-refractivity contribution >= 4 is 23.4 Å². The quantitative estimate of drug-likeness (QED) is 0.808. The van der Waals surface area contributed by atoms with Gasteiger partial charge >= 0.3 is 5.97 Å². The molecule has 6 nitrogen and oxygen atoms in total. The second-order valence-electron chi connectivity index (χ2n) is 6.21. The van der Waals surface area contributed by atoms with E-state index in [9.17, 15) is 9.90 Å². The number of carboxylic acids is 1. The zero-order valence-electron chi connectivity index (χ0n) is 14.2. The lowest BCUT2D eigenvalue weighted by molar-refractivity contribution is 0.0698. The summed E-state index contributed by atoms with van der Waals surface area (Å²) in [6.45, 7) is 4.88. The first-order chi connectivity index (χ1) is 12.1. The molecule has 1 aliphatic heterocycles. The largest absolute Gasteiger partial charge is 0.477 e. The van der Waals surface area contributed by atoms with E-state index >= 15 is 0 Å². The normalized spacial score (nSPS) is 18.2. The maximum absolute atomic E-state index is 11.7. The van der Waals surface area contributed by atoms with Crippen LogP contribution in [0.15, 0.2) is 28.8 Å². The number of likely N-dealkylation sites (N-methyl/N-ethyl adjacent to an activating group) is 1. The summed E-state index contributed by atoms with van der Waals surface area (Å²) in [6.07, 6.45) is 3.52. The number of aromatic carboxylic acids is 1. The van der Waals surface area contributed by atoms with Gasteiger partial charge in [-0.2, -0.15) is 0 Å². The van der Waals surface area contributed by atoms with E-state index in [0.29, 0.717) is 23.2 Å². The molecule has 1 atom stereocenters. The number of hydrogen-bond donors (Lipinski definition) is 2. The highest BCUT2D eigenvalue weighted by Crippen LogP contribution is 2.30. The summed E-state index contributed by atoms with van der Waals surface area (Å²) in [6, 6.07) is 7.22. The summed E-state index contributed by atoms with van der Waals surface area (Å²) in [5, 5.41) is 17.3. The van der Waals surface area contributed by atoms with Gasteiger partial charge in [-0.1, -0.05) is 30.1 Å². The van der Waals surface area contributed by atoms with Crippen LogP contribution in [-0.4, -0.2) is 46.8 Å². The van der Waals surface area contributed by atoms with Crippen molar-refractivity contribution in [1.29, 1.82) is 0 Å². The van der Waals surface area contributed by atoms with Crippen LogP contribution in [0.25, 0.3) is 11.3 Å². The molecule has 0 radical (unpaired) electrons. The lowest BCUT2D eigenvalue weighted by atomic mass is 10.0. The molecule has 2 N–H and O–H groups in total. The summed E-state index contributed by atoms with van der Waals surface area (Å²) < 4.78 is 5.33. The Hall–Kier alpha value is -2.05. The summed E-state index contributed by atoms with van der Waals surface area (Å²) in [5.74, 6) is -0.550. The predicted molar refractivity (Wildman–Crippen MR) is 97.3 cm³/mol. The van der Waals surface area contributed by atoms with Gasteiger partial charge in [-0.3, -0.25) is 4.90 Å². The van der Waals surface area contributed by atoms with Crippen molar-refractivity contribution < 1.29 is 14.4 Å². The van der Waals surface area contributed by atoms with E-state index in [1.54, 1.807) is 24.3 Å². The maximum atomic E-state index is 11.7. The van der Waals surface area contributed by atoms with Crippen LogP contribution in [-0.2, 0) is 0 Å². The number of aromatic nitrogens is 1. The molecule has 0 aliphatic carbocycles. The van der Waals surface area contributed by atoms with E-state index in [4.69, 9.17) is 16.1 Å². The molecule has 0 spiro atoms. The molecule has 1 unspecified atom stereocenters. The number of rotatable bonds is 6. The first-order valence-corrected chi connectivity index (χ1v) is 8.94. The highest BCUT2D eigenvalue weighted by atomic mass is 35.5. The molecule has 2 heterocycles. The number of anilines is 1. The molecule has 0 bridgehead atoms. The smallest absolute Gasteiger partial charge is 0.343 e. The number of hydrogen-bond acceptors (Lipinski definition) is 5. The summed E-state index contributed by atoms with van der Waals surface area (Å²) in [7, 11) is 0. The Morgan fingerprint density at radius 3 is 2.84 bits per heavy atom. The Morgan fingerprint density at radius 2 is 2.16 bits per heavy atom. The zero-order valence-corrected chi connectivity index (χ0v) is 14.9. The van der Waals surface area contributed by atoms with Gasteiger partial charge in [0, 0.05) is 23.2 Å². The van der Waals surface area contributed by atoms with E-state index in [1.807, 2.05) is 0 Å². The van der Waals surface area contributed by atoms with Crippen LogP contribution in [0.1, 0.15) is 36.5 Å². The number of carboxylic acid groups (broad SMARTS) is 1. The van der Waals surface area contributed by atoms with Crippen LogP contribution in [0.3, 0.4) is 0 Å². The molecule has 0 saturated carbocycles. The molecule has 25 heavy (non-hydrogen) atoms. The Morgan fingerprint density at radius 1 is 1.40 bits per heavy atom. The van der Waals surface area contributed by atoms with Crippen molar-refractivity contribution in [2.45, 2.75) is 32.2 Å². The van der Waals surface area contributed by atoms with E-state index in [-0.39, 0.29) is 17.1 Å². The highest BCUT2D eigenvalue weighted by molar-refractivity contribution is 6.30. The minimum atomic E-state index is -1.07. The van der Waals surface area contributed by atoms with E-state index in [2.05, 4.69) is 22.3 Å². The van der Waals surface area contributed by atoms with Crippen LogP contribution in [0.5, 0.6) is 0 Å². The average molecular weight is 364 g/mol. The van der Waals surface area contributed by atoms with E-state index < -0.39 is 5.97 Å². The summed E-state index contributed by atoms with van der Waals surface area (Å²) in [5.41, 5.74) is 0.691. The van der Waals surface area contributed by atoms with Gasteiger partial charge < -0.3 is 14.9 Å². The van der Waals surface area contributed by atoms with Gasteiger partial charge in [0.25, 0.3) is 0 Å². The van der Waals surface area contributed by atoms with Gasteiger partial charge in [-0.15, -0.1) is 0 Å². The number of nitrogens with zero attached hydrogens (tertiary/aromatic N) is 2. The fourth-order valence-corrected chi connectivity index (χ4v) is 3.46. The van der Waals surface area contributed by atoms with Crippen molar-refractivity contribution in [3.8, 4) is 11.3 Å². The van der Waals surface area contributed by atoms with E-state index in [0.717, 1.165) is 19.5 Å². The molecule has 1 aromatic carbocycles. The average Bonchev–Trinajstić information content (AvgIpc) is 3.05. The van der Waals surface area contributed by atoms with Gasteiger partial charge in [0.05, 0.1) is 0 Å². The zero-order chi connectivity index (χ0) is 17.8. The van der Waals surface area contributed by atoms with Crippen molar-refractivity contribution in [2.24, 2.45) is 0 Å². The summed E-state index contributed by atoms with van der Waals surface area (Å²) >= 11 is 5.89. The number of likely N-dealkylation sites (tertiary alicyclic amines) is 1. The van der Waals surface area contributed by atoms with Gasteiger partial charge in [0.2, 0.25) is 0 Å². The minimum absolute atomic E-state index is 0.0566. The second kappa shape index (κ2) is 7.89. The van der Waals surface area contributed by atoms with Crippen molar-refractivity contribution in [3.05, 3.63) is 34.9 Å². The fraction of sp³-hybridized carbons (Fsp3) is 0.444. The van der Waals surface area contributed by atoms with Gasteiger partial charge in [0.15, 0.2) is 17.1 Å². The molecular weight excluding hydrogens is 342 g/mol. The maximum Gasteiger partial charge on any atom is 0.343 e. The third-order valence-corrected chi connectivity index (χ3v) is 4.92. The van der Waals surface area contributed by atoms with Gasteiger partial charge in [0.1, 0.15) is 0 Å². The van der Waals surface area contributed by atoms with Crippen LogP contribution < -0.4 is 5.32 Å². The highest BCUT2D eigenvalue weighted by Gasteiger charge is 2.26. The first kappa shape index (κ1) is 17.8. The molecule has 3 rings (SSSR count). The van der Waals surface area contributed by atoms with Crippen molar-refractivity contribution in [3.63, 3.8) is 0 Å². The molecular formula is C18H22ClN3O3. The molecule has 7 heteroatoms. The fourth-order valence-electron chi connectivity index (χ4n) is 3.33. The monoisotopic (exact) mass is 363 g/mol. The first-order valence-electron chi connectivity index (χ1n) is 8.57. The third kappa shape index (κ3) is 3.96. The molecule has 1 saturated heterocycles. The van der Waals surface area contributed by atoms with Crippen LogP contribution in [0, 0.1) is 0 Å². The van der Waals surface area contributed by atoms with Crippen LogP contribution in [0.4, 0.5) is 5.82 Å². The molecule has 1 aliphatic rings.